The fraction of sp³-hybridized carbons (Fsp3) is 1.00. The maximum atomic E-state index is 2.40. The third kappa shape index (κ3) is 4.46. The van der Waals surface area contributed by atoms with Gasteiger partial charge in [0.25, 0.3) is 0 Å². The number of rotatable bonds is 0. The summed E-state index contributed by atoms with van der Waals surface area (Å²) in [5.74, 6) is 9.35. The van der Waals surface area contributed by atoms with E-state index in [2.05, 4.69) is 69.2 Å². The van der Waals surface area contributed by atoms with Crippen molar-refractivity contribution >= 4 is 0 Å². The van der Waals surface area contributed by atoms with Gasteiger partial charge in [0.15, 0.2) is 0 Å². The van der Waals surface area contributed by atoms with Crippen LogP contribution in [0.4, 0.5) is 0 Å². The van der Waals surface area contributed by atoms with Crippen LogP contribution in [0.3, 0.4) is 0 Å². The fourth-order valence-corrected chi connectivity index (χ4v) is 4.79. The van der Waals surface area contributed by atoms with Crippen LogP contribution >= 0.6 is 0 Å². The number of hydrogen-bond acceptors (Lipinski definition) is 0. The Labute approximate surface area is 154 Å². The first kappa shape index (κ1) is 21.9. The van der Waals surface area contributed by atoms with Gasteiger partial charge in [0.1, 0.15) is 0 Å². The molecule has 0 aromatic rings. The topological polar surface area (TPSA) is 0 Å². The van der Waals surface area contributed by atoms with Gasteiger partial charge >= 0.3 is 26.2 Å². The molecule has 21 heavy (non-hydrogen) atoms. The second kappa shape index (κ2) is 8.66. The molecule has 2 aliphatic carbocycles. The van der Waals surface area contributed by atoms with Gasteiger partial charge in [0.05, 0.1) is 0 Å². The molecule has 2 rings (SSSR count). The minimum atomic E-state index is 0. The van der Waals surface area contributed by atoms with Gasteiger partial charge in [0, 0.05) is 0 Å². The van der Waals surface area contributed by atoms with Crippen molar-refractivity contribution in [3.8, 4) is 0 Å². The minimum absolute atomic E-state index is 0. The Morgan fingerprint density at radius 3 is 0.333 bits per heavy atom. The maximum Gasteiger partial charge on any atom is 2.00 e. The third-order valence-corrected chi connectivity index (χ3v) is 8.29. The van der Waals surface area contributed by atoms with Crippen molar-refractivity contribution in [2.24, 2.45) is 59.2 Å². The van der Waals surface area contributed by atoms with Crippen LogP contribution in [0.25, 0.3) is 0 Å². The van der Waals surface area contributed by atoms with Crippen LogP contribution in [0.5, 0.6) is 0 Å². The molecule has 0 N–H and O–H groups in total. The van der Waals surface area contributed by atoms with E-state index in [0.717, 1.165) is 59.2 Å². The first-order chi connectivity index (χ1) is 9.11. The van der Waals surface area contributed by atoms with Crippen LogP contribution in [-0.2, 0) is 26.2 Å². The van der Waals surface area contributed by atoms with Crippen molar-refractivity contribution in [2.45, 2.75) is 69.2 Å². The molecular formula is C20H40Zr+2. The second-order valence-electron chi connectivity index (χ2n) is 8.59. The maximum absolute atomic E-state index is 2.40. The van der Waals surface area contributed by atoms with Gasteiger partial charge in [-0.15, -0.1) is 0 Å². The summed E-state index contributed by atoms with van der Waals surface area (Å²) in [5.41, 5.74) is 0. The molecule has 0 spiro atoms. The summed E-state index contributed by atoms with van der Waals surface area (Å²) in [6, 6.07) is 0. The quantitative estimate of drug-likeness (QED) is 0.465. The van der Waals surface area contributed by atoms with Crippen LogP contribution in [0, 0.1) is 59.2 Å². The summed E-state index contributed by atoms with van der Waals surface area (Å²) in [7, 11) is 0. The zero-order chi connectivity index (χ0) is 15.8. The van der Waals surface area contributed by atoms with Crippen LogP contribution in [0.15, 0.2) is 0 Å². The molecule has 0 radical (unpaired) electrons. The molecule has 0 aliphatic heterocycles. The van der Waals surface area contributed by atoms with Crippen LogP contribution in [-0.4, -0.2) is 0 Å². The van der Waals surface area contributed by atoms with E-state index in [4.69, 9.17) is 0 Å². The largest absolute Gasteiger partial charge is 2.00 e. The van der Waals surface area contributed by atoms with Crippen LogP contribution < -0.4 is 0 Å². The molecule has 0 atom stereocenters. The summed E-state index contributed by atoms with van der Waals surface area (Å²) in [6.45, 7) is 24.0. The van der Waals surface area contributed by atoms with E-state index in [1.54, 1.807) is 0 Å². The average Bonchev–Trinajstić information content (AvgIpc) is 2.71. The number of hydrogen-bond donors (Lipinski definition) is 0. The summed E-state index contributed by atoms with van der Waals surface area (Å²) < 4.78 is 0. The minimum Gasteiger partial charge on any atom is -0.0620 e. The van der Waals surface area contributed by atoms with Crippen molar-refractivity contribution in [3.05, 3.63) is 0 Å². The molecule has 2 saturated carbocycles. The zero-order valence-electron chi connectivity index (χ0n) is 16.3. The first-order valence-electron chi connectivity index (χ1n) is 9.11. The van der Waals surface area contributed by atoms with Crippen molar-refractivity contribution in [1.82, 2.24) is 0 Å². The molecule has 0 nitrogen and oxygen atoms in total. The smallest absolute Gasteiger partial charge is 0.0620 e. The van der Waals surface area contributed by atoms with E-state index in [1.165, 1.54) is 0 Å². The van der Waals surface area contributed by atoms with Crippen molar-refractivity contribution in [2.75, 3.05) is 0 Å². The van der Waals surface area contributed by atoms with E-state index in [0.29, 0.717) is 0 Å². The van der Waals surface area contributed by atoms with Gasteiger partial charge in [0.2, 0.25) is 0 Å². The van der Waals surface area contributed by atoms with Gasteiger partial charge in [-0.2, -0.15) is 0 Å². The molecule has 122 valence electrons. The van der Waals surface area contributed by atoms with Crippen molar-refractivity contribution in [1.29, 1.82) is 0 Å². The molecule has 0 aromatic carbocycles. The van der Waals surface area contributed by atoms with Crippen LogP contribution in [0.2, 0.25) is 0 Å². The molecule has 0 aromatic heterocycles. The molecule has 2 fully saturated rings. The van der Waals surface area contributed by atoms with E-state index in [9.17, 15) is 0 Å². The third-order valence-electron chi connectivity index (χ3n) is 8.29. The molecule has 1 heteroatoms. The predicted molar refractivity (Wildman–Crippen MR) is 91.6 cm³/mol. The molecule has 0 amide bonds. The summed E-state index contributed by atoms with van der Waals surface area (Å²) in [4.78, 5) is 0. The molecule has 0 saturated heterocycles. The summed E-state index contributed by atoms with van der Waals surface area (Å²) in [6.07, 6.45) is 0. The van der Waals surface area contributed by atoms with Crippen molar-refractivity contribution < 1.29 is 26.2 Å². The van der Waals surface area contributed by atoms with Gasteiger partial charge in [-0.25, -0.2) is 0 Å². The fourth-order valence-electron chi connectivity index (χ4n) is 4.79. The second-order valence-corrected chi connectivity index (χ2v) is 8.59. The Morgan fingerprint density at radius 1 is 0.238 bits per heavy atom. The standard InChI is InChI=1S/2C10H20.Zr/c2*1-6-7(2)9(4)10(5)8(6)3;/h2*6-10H,1-5H3;/q;;+2. The van der Waals surface area contributed by atoms with E-state index in [1.807, 2.05) is 0 Å². The Hall–Kier alpha value is 0.883. The average molecular weight is 372 g/mol. The first-order valence-corrected chi connectivity index (χ1v) is 9.11. The molecular weight excluding hydrogens is 331 g/mol. The van der Waals surface area contributed by atoms with E-state index in [-0.39, 0.29) is 26.2 Å². The predicted octanol–water partition coefficient (Wildman–Crippen LogP) is 6.36. The molecule has 0 unspecified atom stereocenters. The summed E-state index contributed by atoms with van der Waals surface area (Å²) >= 11 is 0. The van der Waals surface area contributed by atoms with Crippen LogP contribution in [0.1, 0.15) is 69.2 Å². The molecule has 0 heterocycles. The Morgan fingerprint density at radius 2 is 0.286 bits per heavy atom. The Bertz CT molecular complexity index is 181. The Kier molecular flexibility index (Phi) is 9.02. The summed E-state index contributed by atoms with van der Waals surface area (Å²) in [5, 5.41) is 0. The Balaban J connectivity index is 0.000000364. The van der Waals surface area contributed by atoms with Gasteiger partial charge in [-0.1, -0.05) is 69.2 Å². The van der Waals surface area contributed by atoms with E-state index < -0.39 is 0 Å². The van der Waals surface area contributed by atoms with Gasteiger partial charge in [-0.3, -0.25) is 0 Å². The SMILES string of the molecule is CC1C(C)C(C)C(C)C1C.CC1C(C)C(C)C(C)C1C.[Zr+2]. The van der Waals surface area contributed by atoms with E-state index >= 15 is 0 Å². The van der Waals surface area contributed by atoms with Crippen molar-refractivity contribution in [3.63, 3.8) is 0 Å². The zero-order valence-corrected chi connectivity index (χ0v) is 18.7. The van der Waals surface area contributed by atoms with Gasteiger partial charge < -0.3 is 0 Å². The molecule has 2 aliphatic rings. The molecule has 0 bridgehead atoms. The monoisotopic (exact) mass is 370 g/mol. The normalized spacial score (nSPS) is 52.9. The van der Waals surface area contributed by atoms with Gasteiger partial charge in [-0.05, 0) is 59.2 Å².